The standard InChI is InChI=1S/C25H40Cl2O/c1-5-7-9-10-11-20-21(26)17-22(27)24(20)18-13-15-19(16-14-18)25(3,4)23(28)12-8-6-2/h13-16,20-24,28H,5-12,17H2,1-4H3. The van der Waals surface area contributed by atoms with E-state index >= 15 is 0 Å². The Morgan fingerprint density at radius 2 is 1.61 bits per heavy atom. The number of halogens is 2. The van der Waals surface area contributed by atoms with Crippen molar-refractivity contribution in [1.29, 1.82) is 0 Å². The molecule has 1 saturated carbocycles. The van der Waals surface area contributed by atoms with Gasteiger partial charge < -0.3 is 5.11 Å². The van der Waals surface area contributed by atoms with Gasteiger partial charge in [-0.05, 0) is 36.3 Å². The van der Waals surface area contributed by atoms with Crippen LogP contribution in [0.2, 0.25) is 0 Å². The fraction of sp³-hybridized carbons (Fsp3) is 0.760. The van der Waals surface area contributed by atoms with E-state index in [1.54, 1.807) is 0 Å². The lowest BCUT2D eigenvalue weighted by molar-refractivity contribution is 0.0890. The minimum Gasteiger partial charge on any atom is -0.392 e. The summed E-state index contributed by atoms with van der Waals surface area (Å²) in [6.07, 6.45) is 9.89. The summed E-state index contributed by atoms with van der Waals surface area (Å²) in [6, 6.07) is 8.86. The summed E-state index contributed by atoms with van der Waals surface area (Å²) in [5.74, 6) is 0.808. The summed E-state index contributed by atoms with van der Waals surface area (Å²) >= 11 is 13.5. The summed E-state index contributed by atoms with van der Waals surface area (Å²) in [4.78, 5) is 0. The topological polar surface area (TPSA) is 20.2 Å². The van der Waals surface area contributed by atoms with Gasteiger partial charge in [0.15, 0.2) is 0 Å². The fourth-order valence-corrected chi connectivity index (χ4v) is 5.83. The van der Waals surface area contributed by atoms with Gasteiger partial charge in [0.1, 0.15) is 0 Å². The van der Waals surface area contributed by atoms with Crippen molar-refractivity contribution in [3.63, 3.8) is 0 Å². The summed E-state index contributed by atoms with van der Waals surface area (Å²) in [5, 5.41) is 11.0. The van der Waals surface area contributed by atoms with Gasteiger partial charge in [0.05, 0.1) is 6.10 Å². The zero-order chi connectivity index (χ0) is 20.7. The van der Waals surface area contributed by atoms with E-state index in [1.165, 1.54) is 43.2 Å². The van der Waals surface area contributed by atoms with Gasteiger partial charge in [-0.1, -0.05) is 90.5 Å². The van der Waals surface area contributed by atoms with Crippen molar-refractivity contribution in [2.45, 2.75) is 114 Å². The Morgan fingerprint density at radius 1 is 0.964 bits per heavy atom. The van der Waals surface area contributed by atoms with E-state index in [0.717, 1.165) is 25.7 Å². The van der Waals surface area contributed by atoms with Crippen molar-refractivity contribution in [2.75, 3.05) is 0 Å². The molecule has 28 heavy (non-hydrogen) atoms. The minimum absolute atomic E-state index is 0.118. The predicted octanol–water partition coefficient (Wildman–Crippen LogP) is 7.80. The molecule has 5 atom stereocenters. The van der Waals surface area contributed by atoms with E-state index in [1.807, 2.05) is 0 Å². The number of hydrogen-bond acceptors (Lipinski definition) is 1. The first-order valence-electron chi connectivity index (χ1n) is 11.4. The van der Waals surface area contributed by atoms with Gasteiger partial charge in [0.2, 0.25) is 0 Å². The van der Waals surface area contributed by atoms with E-state index in [9.17, 15) is 5.11 Å². The molecular weight excluding hydrogens is 387 g/mol. The van der Waals surface area contributed by atoms with Crippen LogP contribution in [0.5, 0.6) is 0 Å². The zero-order valence-electron chi connectivity index (χ0n) is 18.3. The Labute approximate surface area is 183 Å². The van der Waals surface area contributed by atoms with E-state index in [4.69, 9.17) is 23.2 Å². The van der Waals surface area contributed by atoms with Crippen molar-refractivity contribution in [3.05, 3.63) is 35.4 Å². The Morgan fingerprint density at radius 3 is 2.21 bits per heavy atom. The number of unbranched alkanes of at least 4 members (excludes halogenated alkanes) is 4. The maximum atomic E-state index is 10.7. The van der Waals surface area contributed by atoms with E-state index in [0.29, 0.717) is 11.8 Å². The minimum atomic E-state index is -0.316. The van der Waals surface area contributed by atoms with Crippen LogP contribution in [-0.2, 0) is 5.41 Å². The molecule has 1 fully saturated rings. The second-order valence-corrected chi connectivity index (χ2v) is 10.4. The lowest BCUT2D eigenvalue weighted by Gasteiger charge is -2.32. The first-order chi connectivity index (χ1) is 13.3. The first kappa shape index (κ1) is 24.0. The quantitative estimate of drug-likeness (QED) is 0.282. The third-order valence-corrected chi connectivity index (χ3v) is 7.81. The van der Waals surface area contributed by atoms with E-state index < -0.39 is 0 Å². The molecule has 2 rings (SSSR count). The normalized spacial score (nSPS) is 26.5. The number of hydrogen-bond donors (Lipinski definition) is 1. The molecule has 0 amide bonds. The molecule has 3 heteroatoms. The molecule has 0 aliphatic heterocycles. The predicted molar refractivity (Wildman–Crippen MR) is 124 cm³/mol. The molecule has 0 radical (unpaired) electrons. The zero-order valence-corrected chi connectivity index (χ0v) is 19.8. The molecule has 1 N–H and O–H groups in total. The van der Waals surface area contributed by atoms with Crippen molar-refractivity contribution in [1.82, 2.24) is 0 Å². The largest absolute Gasteiger partial charge is 0.392 e. The number of aliphatic hydroxyl groups is 1. The van der Waals surface area contributed by atoms with Gasteiger partial charge in [-0.25, -0.2) is 0 Å². The van der Waals surface area contributed by atoms with Gasteiger partial charge in [-0.3, -0.25) is 0 Å². The number of rotatable bonds is 11. The molecule has 1 aromatic carbocycles. The first-order valence-corrected chi connectivity index (χ1v) is 12.3. The van der Waals surface area contributed by atoms with Crippen LogP contribution in [0.1, 0.15) is 103 Å². The molecular formula is C25H40Cl2O. The molecule has 0 saturated heterocycles. The van der Waals surface area contributed by atoms with E-state index in [2.05, 4.69) is 52.0 Å². The highest BCUT2D eigenvalue weighted by molar-refractivity contribution is 6.25. The van der Waals surface area contributed by atoms with Crippen LogP contribution in [0.4, 0.5) is 0 Å². The van der Waals surface area contributed by atoms with Gasteiger partial charge >= 0.3 is 0 Å². The molecule has 5 unspecified atom stereocenters. The van der Waals surface area contributed by atoms with Gasteiger partial charge in [0.25, 0.3) is 0 Å². The molecule has 0 heterocycles. The summed E-state index contributed by atoms with van der Waals surface area (Å²) in [5.41, 5.74) is 2.27. The van der Waals surface area contributed by atoms with E-state index in [-0.39, 0.29) is 22.3 Å². The third kappa shape index (κ3) is 5.89. The summed E-state index contributed by atoms with van der Waals surface area (Å²) < 4.78 is 0. The average Bonchev–Trinajstić information content (AvgIpc) is 2.96. The van der Waals surface area contributed by atoms with Crippen LogP contribution in [-0.4, -0.2) is 22.0 Å². The van der Waals surface area contributed by atoms with Crippen LogP contribution in [0.25, 0.3) is 0 Å². The van der Waals surface area contributed by atoms with Gasteiger partial charge in [-0.15, -0.1) is 23.2 Å². The molecule has 160 valence electrons. The Kier molecular flexibility index (Phi) is 9.64. The smallest absolute Gasteiger partial charge is 0.0631 e. The number of benzene rings is 1. The molecule has 1 nitrogen and oxygen atoms in total. The summed E-state index contributed by atoms with van der Waals surface area (Å²) in [6.45, 7) is 8.71. The van der Waals surface area contributed by atoms with Crippen LogP contribution in [0, 0.1) is 5.92 Å². The highest BCUT2D eigenvalue weighted by Gasteiger charge is 2.42. The Hall–Kier alpha value is -0.240. The number of aliphatic hydroxyl groups excluding tert-OH is 1. The van der Waals surface area contributed by atoms with Crippen LogP contribution >= 0.6 is 23.2 Å². The van der Waals surface area contributed by atoms with Gasteiger partial charge in [-0.2, -0.15) is 0 Å². The van der Waals surface area contributed by atoms with Crippen molar-refractivity contribution in [2.24, 2.45) is 5.92 Å². The van der Waals surface area contributed by atoms with Crippen molar-refractivity contribution in [3.8, 4) is 0 Å². The SMILES string of the molecule is CCCCCCC1C(Cl)CC(Cl)C1c1ccc(C(C)(C)C(O)CCCC)cc1. The van der Waals surface area contributed by atoms with Crippen molar-refractivity contribution < 1.29 is 5.11 Å². The number of alkyl halides is 2. The third-order valence-electron chi connectivity index (χ3n) is 6.86. The van der Waals surface area contributed by atoms with Crippen molar-refractivity contribution >= 4 is 23.2 Å². The molecule has 1 aliphatic rings. The lowest BCUT2D eigenvalue weighted by Crippen LogP contribution is -2.33. The highest BCUT2D eigenvalue weighted by Crippen LogP contribution is 2.48. The molecule has 0 spiro atoms. The van der Waals surface area contributed by atoms with Gasteiger partial charge in [0, 0.05) is 22.1 Å². The average molecular weight is 428 g/mol. The molecule has 0 bridgehead atoms. The Balaban J connectivity index is 2.11. The molecule has 1 aliphatic carbocycles. The van der Waals surface area contributed by atoms with Crippen LogP contribution < -0.4 is 0 Å². The van der Waals surface area contributed by atoms with Crippen LogP contribution in [0.3, 0.4) is 0 Å². The fourth-order valence-electron chi connectivity index (χ4n) is 4.74. The second kappa shape index (κ2) is 11.2. The highest BCUT2D eigenvalue weighted by atomic mass is 35.5. The molecule has 1 aromatic rings. The summed E-state index contributed by atoms with van der Waals surface area (Å²) in [7, 11) is 0. The maximum absolute atomic E-state index is 10.7. The molecule has 0 aromatic heterocycles. The second-order valence-electron chi connectivity index (χ2n) is 9.31. The monoisotopic (exact) mass is 426 g/mol. The Bertz CT molecular complexity index is 568. The maximum Gasteiger partial charge on any atom is 0.0631 e. The van der Waals surface area contributed by atoms with Crippen LogP contribution in [0.15, 0.2) is 24.3 Å². The lowest BCUT2D eigenvalue weighted by atomic mass is 9.76.